The fraction of sp³-hybridized carbons (Fsp3) is 0.167. The number of aromatic nitrogens is 1. The minimum atomic E-state index is -3.66. The van der Waals surface area contributed by atoms with E-state index in [1.54, 1.807) is 30.3 Å². The van der Waals surface area contributed by atoms with Crippen LogP contribution in [-0.4, -0.2) is 19.9 Å². The summed E-state index contributed by atoms with van der Waals surface area (Å²) in [6.07, 6.45) is 0.508. The molecule has 0 aliphatic rings. The van der Waals surface area contributed by atoms with Gasteiger partial charge in [0, 0.05) is 17.0 Å². The first-order valence-electron chi connectivity index (χ1n) is 7.83. The Kier molecular flexibility index (Phi) is 5.72. The molecule has 0 aliphatic carbocycles. The Morgan fingerprint density at radius 2 is 1.85 bits per heavy atom. The lowest BCUT2D eigenvalue weighted by Gasteiger charge is -2.07. The standard InChI is InChI=1S/C18H16ClFN2O2S2/c1-12-16(25-18(22-12)13-6-8-14(20)9-7-13)10-11-21-26(23,24)17-5-3-2-4-15(17)19/h2-9,21H,10-11H2,1H3. The molecule has 3 rings (SSSR count). The second-order valence-electron chi connectivity index (χ2n) is 5.61. The van der Waals surface area contributed by atoms with Crippen molar-refractivity contribution >= 4 is 33.0 Å². The van der Waals surface area contributed by atoms with E-state index in [2.05, 4.69) is 9.71 Å². The molecule has 3 aromatic rings. The Morgan fingerprint density at radius 3 is 2.54 bits per heavy atom. The average molecular weight is 411 g/mol. The van der Waals surface area contributed by atoms with Gasteiger partial charge in [0.25, 0.3) is 0 Å². The van der Waals surface area contributed by atoms with E-state index in [1.807, 2.05) is 6.92 Å². The molecule has 26 heavy (non-hydrogen) atoms. The quantitative estimate of drug-likeness (QED) is 0.653. The molecule has 0 radical (unpaired) electrons. The van der Waals surface area contributed by atoms with E-state index in [1.165, 1.54) is 29.5 Å². The lowest BCUT2D eigenvalue weighted by atomic mass is 10.2. The predicted molar refractivity (Wildman–Crippen MR) is 103 cm³/mol. The molecule has 8 heteroatoms. The van der Waals surface area contributed by atoms with Gasteiger partial charge in [0.15, 0.2) is 0 Å². The number of rotatable bonds is 6. The SMILES string of the molecule is Cc1nc(-c2ccc(F)cc2)sc1CCNS(=O)(=O)c1ccccc1Cl. The molecule has 0 saturated carbocycles. The molecule has 0 bridgehead atoms. The van der Waals surface area contributed by atoms with E-state index in [9.17, 15) is 12.8 Å². The molecule has 4 nitrogen and oxygen atoms in total. The maximum absolute atomic E-state index is 13.0. The van der Waals surface area contributed by atoms with Gasteiger partial charge < -0.3 is 0 Å². The van der Waals surface area contributed by atoms with Gasteiger partial charge in [-0.3, -0.25) is 0 Å². The van der Waals surface area contributed by atoms with Crippen LogP contribution in [0, 0.1) is 12.7 Å². The molecule has 0 amide bonds. The molecule has 0 unspecified atom stereocenters. The van der Waals surface area contributed by atoms with E-state index < -0.39 is 10.0 Å². The van der Waals surface area contributed by atoms with Crippen LogP contribution in [0.3, 0.4) is 0 Å². The highest BCUT2D eigenvalue weighted by atomic mass is 35.5. The normalized spacial score (nSPS) is 11.7. The number of aryl methyl sites for hydroxylation is 1. The highest BCUT2D eigenvalue weighted by Crippen LogP contribution is 2.28. The maximum Gasteiger partial charge on any atom is 0.242 e. The molecule has 1 aromatic heterocycles. The molecule has 1 N–H and O–H groups in total. The van der Waals surface area contributed by atoms with Crippen molar-refractivity contribution in [3.05, 3.63) is 69.9 Å². The Hall–Kier alpha value is -1.80. The van der Waals surface area contributed by atoms with Crippen molar-refractivity contribution in [1.82, 2.24) is 9.71 Å². The van der Waals surface area contributed by atoms with Gasteiger partial charge in [-0.05, 0) is 49.7 Å². The second kappa shape index (κ2) is 7.84. The zero-order valence-corrected chi connectivity index (χ0v) is 16.3. The van der Waals surface area contributed by atoms with Crippen LogP contribution in [-0.2, 0) is 16.4 Å². The van der Waals surface area contributed by atoms with E-state index >= 15 is 0 Å². The molecule has 2 aromatic carbocycles. The Morgan fingerprint density at radius 1 is 1.15 bits per heavy atom. The largest absolute Gasteiger partial charge is 0.242 e. The first-order chi connectivity index (χ1) is 12.4. The lowest BCUT2D eigenvalue weighted by Crippen LogP contribution is -2.26. The summed E-state index contributed by atoms with van der Waals surface area (Å²) in [6, 6.07) is 12.5. The van der Waals surface area contributed by atoms with Gasteiger partial charge in [-0.15, -0.1) is 11.3 Å². The van der Waals surface area contributed by atoms with Crippen LogP contribution in [0.5, 0.6) is 0 Å². The van der Waals surface area contributed by atoms with Gasteiger partial charge in [-0.2, -0.15) is 0 Å². The molecule has 0 aliphatic heterocycles. The van der Waals surface area contributed by atoms with Gasteiger partial charge in [-0.25, -0.2) is 22.5 Å². The fourth-order valence-electron chi connectivity index (χ4n) is 2.42. The van der Waals surface area contributed by atoms with Crippen LogP contribution in [0.15, 0.2) is 53.4 Å². The summed E-state index contributed by atoms with van der Waals surface area (Å²) in [4.78, 5) is 5.54. The summed E-state index contributed by atoms with van der Waals surface area (Å²) in [5.41, 5.74) is 1.67. The molecule has 0 saturated heterocycles. The van der Waals surface area contributed by atoms with Crippen LogP contribution in [0.2, 0.25) is 5.02 Å². The number of benzene rings is 2. The highest BCUT2D eigenvalue weighted by Gasteiger charge is 2.17. The van der Waals surface area contributed by atoms with E-state index in [0.29, 0.717) is 6.42 Å². The summed E-state index contributed by atoms with van der Waals surface area (Å²) >= 11 is 7.43. The Bertz CT molecular complexity index is 1020. The van der Waals surface area contributed by atoms with Crippen molar-refractivity contribution < 1.29 is 12.8 Å². The lowest BCUT2D eigenvalue weighted by molar-refractivity contribution is 0.582. The van der Waals surface area contributed by atoms with E-state index in [4.69, 9.17) is 11.6 Å². The Labute approximate surface area is 160 Å². The third-order valence-corrected chi connectivity index (χ3v) is 6.98. The van der Waals surface area contributed by atoms with Gasteiger partial charge in [0.2, 0.25) is 10.0 Å². The van der Waals surface area contributed by atoms with Crippen molar-refractivity contribution in [1.29, 1.82) is 0 Å². The molecular weight excluding hydrogens is 395 g/mol. The summed E-state index contributed by atoms with van der Waals surface area (Å²) in [6.45, 7) is 2.11. The fourth-order valence-corrected chi connectivity index (χ4v) is 5.03. The number of hydrogen-bond acceptors (Lipinski definition) is 4. The summed E-state index contributed by atoms with van der Waals surface area (Å²) in [7, 11) is -3.66. The molecule has 0 fully saturated rings. The Balaban J connectivity index is 1.69. The van der Waals surface area contributed by atoms with Crippen molar-refractivity contribution in [3.63, 3.8) is 0 Å². The van der Waals surface area contributed by atoms with Crippen LogP contribution < -0.4 is 4.72 Å². The van der Waals surface area contributed by atoms with Crippen molar-refractivity contribution in [2.75, 3.05) is 6.54 Å². The zero-order chi connectivity index (χ0) is 18.7. The maximum atomic E-state index is 13.0. The topological polar surface area (TPSA) is 59.1 Å². The van der Waals surface area contributed by atoms with Gasteiger partial charge in [0.05, 0.1) is 10.7 Å². The molecular formula is C18H16ClFN2O2S2. The summed E-state index contributed by atoms with van der Waals surface area (Å²) in [5.74, 6) is -0.295. The van der Waals surface area contributed by atoms with Crippen LogP contribution >= 0.6 is 22.9 Å². The third kappa shape index (κ3) is 4.29. The zero-order valence-electron chi connectivity index (χ0n) is 13.9. The minimum absolute atomic E-state index is 0.0645. The van der Waals surface area contributed by atoms with Gasteiger partial charge in [0.1, 0.15) is 15.7 Å². The number of hydrogen-bond donors (Lipinski definition) is 1. The van der Waals surface area contributed by atoms with Crippen LogP contribution in [0.1, 0.15) is 10.6 Å². The smallest absolute Gasteiger partial charge is 0.241 e. The molecule has 1 heterocycles. The highest BCUT2D eigenvalue weighted by molar-refractivity contribution is 7.89. The van der Waals surface area contributed by atoms with Crippen LogP contribution in [0.4, 0.5) is 4.39 Å². The monoisotopic (exact) mass is 410 g/mol. The third-order valence-electron chi connectivity index (χ3n) is 3.75. The van der Waals surface area contributed by atoms with E-state index in [-0.39, 0.29) is 22.3 Å². The second-order valence-corrected chi connectivity index (χ2v) is 8.84. The summed E-state index contributed by atoms with van der Waals surface area (Å²) < 4.78 is 40.3. The molecule has 0 spiro atoms. The number of sulfonamides is 1. The van der Waals surface area contributed by atoms with Crippen LogP contribution in [0.25, 0.3) is 10.6 Å². The van der Waals surface area contributed by atoms with Crippen molar-refractivity contribution in [3.8, 4) is 10.6 Å². The van der Waals surface area contributed by atoms with Gasteiger partial charge >= 0.3 is 0 Å². The predicted octanol–water partition coefficient (Wildman–Crippen LogP) is 4.43. The number of halogens is 2. The number of nitrogens with zero attached hydrogens (tertiary/aromatic N) is 1. The first-order valence-corrected chi connectivity index (χ1v) is 10.5. The average Bonchev–Trinajstić information content (AvgIpc) is 2.96. The molecule has 0 atom stereocenters. The molecule has 136 valence electrons. The number of nitrogens with one attached hydrogen (secondary N) is 1. The summed E-state index contributed by atoms with van der Waals surface area (Å²) in [5, 5.41) is 0.971. The minimum Gasteiger partial charge on any atom is -0.241 e. The van der Waals surface area contributed by atoms with E-state index in [0.717, 1.165) is 21.1 Å². The number of thiazole rings is 1. The van der Waals surface area contributed by atoms with Crippen molar-refractivity contribution in [2.24, 2.45) is 0 Å². The van der Waals surface area contributed by atoms with Crippen molar-refractivity contribution in [2.45, 2.75) is 18.2 Å². The first kappa shape index (κ1) is 19.0. The van der Waals surface area contributed by atoms with Gasteiger partial charge in [-0.1, -0.05) is 23.7 Å².